The minimum atomic E-state index is 0.275. The smallest absolute Gasteiger partial charge is 0.123 e. The average molecular weight is 342 g/mol. The van der Waals surface area contributed by atoms with Crippen LogP contribution in [0.15, 0.2) is 16.6 Å². The second-order valence-corrected chi connectivity index (χ2v) is 6.37. The van der Waals surface area contributed by atoms with Gasteiger partial charge in [0.25, 0.3) is 0 Å². The first-order valence-corrected chi connectivity index (χ1v) is 8.05. The van der Waals surface area contributed by atoms with Crippen LogP contribution >= 0.6 is 15.9 Å². The molecule has 20 heavy (non-hydrogen) atoms. The Bertz CT molecular complexity index is 464. The number of hydrogen-bond acceptors (Lipinski definition) is 3. The van der Waals surface area contributed by atoms with Gasteiger partial charge in [0.2, 0.25) is 0 Å². The third-order valence-electron chi connectivity index (χ3n) is 3.97. The molecule has 1 aliphatic rings. The topological polar surface area (TPSA) is 30.5 Å². The minimum Gasteiger partial charge on any atom is -0.496 e. The number of methoxy groups -OCH3 is 1. The Morgan fingerprint density at radius 1 is 1.50 bits per heavy atom. The van der Waals surface area contributed by atoms with Crippen LogP contribution in [0.3, 0.4) is 0 Å². The number of hydrogen-bond donors (Lipinski definition) is 1. The third-order valence-corrected chi connectivity index (χ3v) is 4.83. The van der Waals surface area contributed by atoms with E-state index in [4.69, 9.17) is 9.47 Å². The van der Waals surface area contributed by atoms with Crippen molar-refractivity contribution in [2.24, 2.45) is 5.92 Å². The predicted molar refractivity (Wildman–Crippen MR) is 85.4 cm³/mol. The maximum atomic E-state index is 5.75. The number of aryl methyl sites for hydroxylation is 1. The maximum absolute atomic E-state index is 5.75. The molecule has 1 fully saturated rings. The second kappa shape index (κ2) is 6.92. The van der Waals surface area contributed by atoms with Crippen molar-refractivity contribution in [3.05, 3.63) is 27.7 Å². The fraction of sp³-hybridized carbons (Fsp3) is 0.625. The van der Waals surface area contributed by atoms with Gasteiger partial charge in [0.05, 0.1) is 19.8 Å². The summed E-state index contributed by atoms with van der Waals surface area (Å²) < 4.78 is 12.5. The first kappa shape index (κ1) is 15.8. The second-order valence-electron chi connectivity index (χ2n) is 5.52. The summed E-state index contributed by atoms with van der Waals surface area (Å²) in [4.78, 5) is 0. The molecule has 0 amide bonds. The molecule has 3 atom stereocenters. The van der Waals surface area contributed by atoms with Crippen LogP contribution in [0, 0.1) is 12.8 Å². The van der Waals surface area contributed by atoms with Gasteiger partial charge in [-0.1, -0.05) is 22.9 Å². The van der Waals surface area contributed by atoms with Crippen molar-refractivity contribution in [1.29, 1.82) is 0 Å². The van der Waals surface area contributed by atoms with Crippen LogP contribution in [-0.4, -0.2) is 26.4 Å². The zero-order valence-electron chi connectivity index (χ0n) is 12.7. The van der Waals surface area contributed by atoms with Crippen LogP contribution in [0.4, 0.5) is 0 Å². The number of halogens is 1. The van der Waals surface area contributed by atoms with E-state index in [0.717, 1.165) is 29.8 Å². The van der Waals surface area contributed by atoms with Gasteiger partial charge in [0, 0.05) is 22.0 Å². The molecule has 0 radical (unpaired) electrons. The highest BCUT2D eigenvalue weighted by molar-refractivity contribution is 9.10. The zero-order chi connectivity index (χ0) is 14.7. The van der Waals surface area contributed by atoms with E-state index in [9.17, 15) is 0 Å². The molecule has 0 aliphatic carbocycles. The molecule has 112 valence electrons. The highest BCUT2D eigenvalue weighted by Crippen LogP contribution is 2.38. The third kappa shape index (κ3) is 3.35. The Balaban J connectivity index is 2.35. The summed E-state index contributed by atoms with van der Waals surface area (Å²) in [5.74, 6) is 1.45. The van der Waals surface area contributed by atoms with Crippen molar-refractivity contribution in [3.8, 4) is 5.75 Å². The lowest BCUT2D eigenvalue weighted by Gasteiger charge is -2.26. The van der Waals surface area contributed by atoms with E-state index in [1.807, 2.05) is 0 Å². The van der Waals surface area contributed by atoms with Crippen molar-refractivity contribution in [3.63, 3.8) is 0 Å². The Kier molecular flexibility index (Phi) is 5.47. The fourth-order valence-corrected chi connectivity index (χ4v) is 3.28. The largest absolute Gasteiger partial charge is 0.496 e. The average Bonchev–Trinajstić information content (AvgIpc) is 2.85. The van der Waals surface area contributed by atoms with E-state index in [-0.39, 0.29) is 6.04 Å². The van der Waals surface area contributed by atoms with Crippen LogP contribution in [0.1, 0.15) is 37.4 Å². The molecule has 3 nitrogen and oxygen atoms in total. The number of benzene rings is 1. The van der Waals surface area contributed by atoms with Crippen molar-refractivity contribution in [2.75, 3.05) is 20.3 Å². The van der Waals surface area contributed by atoms with Crippen LogP contribution in [0.25, 0.3) is 0 Å². The molecule has 1 heterocycles. The Morgan fingerprint density at radius 3 is 2.80 bits per heavy atom. The summed E-state index contributed by atoms with van der Waals surface area (Å²) >= 11 is 3.63. The van der Waals surface area contributed by atoms with Crippen LogP contribution < -0.4 is 10.1 Å². The number of rotatable bonds is 5. The summed E-state index contributed by atoms with van der Waals surface area (Å²) in [5, 5.41) is 3.60. The molecule has 0 saturated carbocycles. The maximum Gasteiger partial charge on any atom is 0.123 e. The molecule has 4 heteroatoms. The molecule has 1 N–H and O–H groups in total. The van der Waals surface area contributed by atoms with Gasteiger partial charge in [-0.15, -0.1) is 0 Å². The predicted octanol–water partition coefficient (Wildman–Crippen LogP) is 3.84. The molecule has 0 bridgehead atoms. The quantitative estimate of drug-likeness (QED) is 0.882. The summed E-state index contributed by atoms with van der Waals surface area (Å²) in [6, 6.07) is 4.56. The molecule has 3 unspecified atom stereocenters. The molecule has 0 aromatic heterocycles. The van der Waals surface area contributed by atoms with Crippen LogP contribution in [-0.2, 0) is 4.74 Å². The van der Waals surface area contributed by atoms with E-state index in [1.165, 1.54) is 11.1 Å². The zero-order valence-corrected chi connectivity index (χ0v) is 14.3. The van der Waals surface area contributed by atoms with Crippen molar-refractivity contribution < 1.29 is 9.47 Å². The highest BCUT2D eigenvalue weighted by atomic mass is 79.9. The molecular weight excluding hydrogens is 318 g/mol. The van der Waals surface area contributed by atoms with E-state index >= 15 is 0 Å². The van der Waals surface area contributed by atoms with Crippen LogP contribution in [0.5, 0.6) is 5.75 Å². The van der Waals surface area contributed by atoms with Crippen LogP contribution in [0.2, 0.25) is 0 Å². The first-order chi connectivity index (χ1) is 9.56. The van der Waals surface area contributed by atoms with E-state index < -0.39 is 0 Å². The van der Waals surface area contributed by atoms with Gasteiger partial charge in [-0.05, 0) is 44.5 Å². The summed E-state index contributed by atoms with van der Waals surface area (Å²) in [6.07, 6.45) is 1.44. The normalized spacial score (nSPS) is 23.9. The first-order valence-electron chi connectivity index (χ1n) is 7.25. The number of ether oxygens (including phenoxy) is 2. The molecule has 0 spiro atoms. The Labute approximate surface area is 130 Å². The standard InChI is InChI=1S/C16H24BrNO2/c1-5-18-16(12-7-11(3)20-9-12)13-8-14(17)10(2)6-15(13)19-4/h6,8,11-12,16,18H,5,7,9H2,1-4H3. The lowest BCUT2D eigenvalue weighted by Crippen LogP contribution is -2.29. The van der Waals surface area contributed by atoms with Crippen molar-refractivity contribution in [1.82, 2.24) is 5.32 Å². The molecule has 1 aliphatic heterocycles. The number of nitrogens with one attached hydrogen (secondary N) is 1. The SMILES string of the molecule is CCNC(c1cc(Br)c(C)cc1OC)C1COC(C)C1. The Morgan fingerprint density at radius 2 is 2.25 bits per heavy atom. The van der Waals surface area contributed by atoms with Gasteiger partial charge in [-0.2, -0.15) is 0 Å². The highest BCUT2D eigenvalue weighted by Gasteiger charge is 2.32. The molecule has 2 rings (SSSR count). The minimum absolute atomic E-state index is 0.275. The van der Waals surface area contributed by atoms with Gasteiger partial charge >= 0.3 is 0 Å². The van der Waals surface area contributed by atoms with Crippen molar-refractivity contribution in [2.45, 2.75) is 39.3 Å². The molecule has 1 aromatic rings. The van der Waals surface area contributed by atoms with Crippen molar-refractivity contribution >= 4 is 15.9 Å². The summed E-state index contributed by atoms with van der Waals surface area (Å²) in [5.41, 5.74) is 2.41. The Hall–Kier alpha value is -0.580. The molecule has 1 saturated heterocycles. The lowest BCUT2D eigenvalue weighted by molar-refractivity contribution is 0.117. The molecule has 1 aromatic carbocycles. The van der Waals surface area contributed by atoms with E-state index in [2.05, 4.69) is 54.2 Å². The molecular formula is C16H24BrNO2. The van der Waals surface area contributed by atoms with Gasteiger partial charge in [-0.3, -0.25) is 0 Å². The monoisotopic (exact) mass is 341 g/mol. The fourth-order valence-electron chi connectivity index (χ4n) is 2.92. The van der Waals surface area contributed by atoms with E-state index in [0.29, 0.717) is 12.0 Å². The van der Waals surface area contributed by atoms with E-state index in [1.54, 1.807) is 7.11 Å². The lowest BCUT2D eigenvalue weighted by atomic mass is 9.90. The van der Waals surface area contributed by atoms with Gasteiger partial charge < -0.3 is 14.8 Å². The summed E-state index contributed by atoms with van der Waals surface area (Å²) in [7, 11) is 1.74. The van der Waals surface area contributed by atoms with Gasteiger partial charge in [0.1, 0.15) is 5.75 Å². The van der Waals surface area contributed by atoms with Gasteiger partial charge in [0.15, 0.2) is 0 Å². The van der Waals surface area contributed by atoms with Gasteiger partial charge in [-0.25, -0.2) is 0 Å². The summed E-state index contributed by atoms with van der Waals surface area (Å²) in [6.45, 7) is 8.12.